The molecule has 4 unspecified atom stereocenters. The first kappa shape index (κ1) is 22.1. The number of unbranched alkanes of at least 4 members (excludes halogenated alkanes) is 5. The zero-order chi connectivity index (χ0) is 18.5. The fourth-order valence-corrected chi connectivity index (χ4v) is 3.78. The van der Waals surface area contributed by atoms with E-state index in [4.69, 9.17) is 5.84 Å². The summed E-state index contributed by atoms with van der Waals surface area (Å²) in [5.41, 5.74) is 2.15. The van der Waals surface area contributed by atoms with Crippen molar-refractivity contribution in [3.8, 4) is 0 Å². The number of amides is 1. The van der Waals surface area contributed by atoms with Gasteiger partial charge in [-0.2, -0.15) is 0 Å². The van der Waals surface area contributed by atoms with Gasteiger partial charge in [0.25, 0.3) is 0 Å². The molecule has 4 atom stereocenters. The summed E-state index contributed by atoms with van der Waals surface area (Å²) in [5.74, 6) is 5.65. The lowest BCUT2D eigenvalue weighted by atomic mass is 9.88. The van der Waals surface area contributed by atoms with E-state index in [0.29, 0.717) is 18.3 Å². The van der Waals surface area contributed by atoms with Gasteiger partial charge in [-0.1, -0.05) is 57.6 Å². The van der Waals surface area contributed by atoms with Crippen LogP contribution < -0.4 is 11.3 Å². The Kier molecular flexibility index (Phi) is 11.8. The molecule has 0 aromatic heterocycles. The van der Waals surface area contributed by atoms with Gasteiger partial charge >= 0.3 is 0 Å². The van der Waals surface area contributed by atoms with Crippen LogP contribution in [0, 0.1) is 11.8 Å². The molecule has 5 heteroatoms. The maximum atomic E-state index is 11.1. The summed E-state index contributed by atoms with van der Waals surface area (Å²) in [7, 11) is 0. The van der Waals surface area contributed by atoms with Crippen LogP contribution in [0.5, 0.6) is 0 Å². The summed E-state index contributed by atoms with van der Waals surface area (Å²) in [5, 5.41) is 20.3. The number of rotatable bonds is 13. The second-order valence-corrected chi connectivity index (χ2v) is 7.44. The molecule has 1 saturated carbocycles. The minimum atomic E-state index is -0.348. The molecule has 146 valence electrons. The molecule has 1 aliphatic rings. The van der Waals surface area contributed by atoms with E-state index in [9.17, 15) is 15.0 Å². The van der Waals surface area contributed by atoms with Gasteiger partial charge in [-0.25, -0.2) is 5.84 Å². The van der Waals surface area contributed by atoms with Crippen LogP contribution >= 0.6 is 0 Å². The van der Waals surface area contributed by atoms with E-state index in [0.717, 1.165) is 57.8 Å². The van der Waals surface area contributed by atoms with Gasteiger partial charge in [-0.05, 0) is 43.9 Å². The highest BCUT2D eigenvalue weighted by Gasteiger charge is 2.32. The number of aliphatic hydroxyl groups is 2. The van der Waals surface area contributed by atoms with Crippen LogP contribution in [0.1, 0.15) is 84.0 Å². The van der Waals surface area contributed by atoms with Crippen molar-refractivity contribution in [3.63, 3.8) is 0 Å². The van der Waals surface area contributed by atoms with Gasteiger partial charge in [0, 0.05) is 6.42 Å². The molecule has 1 aliphatic carbocycles. The van der Waals surface area contributed by atoms with Gasteiger partial charge in [0.05, 0.1) is 12.2 Å². The number of allylic oxidation sites excluding steroid dienone is 1. The molecule has 1 amide bonds. The van der Waals surface area contributed by atoms with Crippen molar-refractivity contribution in [1.82, 2.24) is 5.43 Å². The summed E-state index contributed by atoms with van der Waals surface area (Å²) in [4.78, 5) is 11.1. The highest BCUT2D eigenvalue weighted by molar-refractivity contribution is 5.74. The molecule has 5 nitrogen and oxygen atoms in total. The second kappa shape index (κ2) is 13.3. The summed E-state index contributed by atoms with van der Waals surface area (Å²) < 4.78 is 0. The van der Waals surface area contributed by atoms with Gasteiger partial charge in [0.15, 0.2) is 0 Å². The summed E-state index contributed by atoms with van der Waals surface area (Å²) in [6.45, 7) is 2.17. The van der Waals surface area contributed by atoms with Gasteiger partial charge in [0.2, 0.25) is 5.91 Å². The van der Waals surface area contributed by atoms with Gasteiger partial charge in [0.1, 0.15) is 0 Å². The normalized spacial score (nSPS) is 24.7. The zero-order valence-corrected chi connectivity index (χ0v) is 15.8. The molecule has 1 fully saturated rings. The largest absolute Gasteiger partial charge is 0.393 e. The maximum absolute atomic E-state index is 11.1. The van der Waals surface area contributed by atoms with Gasteiger partial charge in [-0.3, -0.25) is 10.2 Å². The van der Waals surface area contributed by atoms with E-state index in [1.54, 1.807) is 0 Å². The molecule has 0 saturated heterocycles. The van der Waals surface area contributed by atoms with Crippen molar-refractivity contribution in [1.29, 1.82) is 0 Å². The number of nitrogens with one attached hydrogen (secondary N) is 1. The first-order valence-electron chi connectivity index (χ1n) is 10.1. The number of nitrogens with two attached hydrogens (primary N) is 1. The van der Waals surface area contributed by atoms with Crippen LogP contribution in [0.15, 0.2) is 12.2 Å². The monoisotopic (exact) mass is 354 g/mol. The summed E-state index contributed by atoms with van der Waals surface area (Å²) in [6, 6.07) is 0. The molecule has 1 rings (SSSR count). The Morgan fingerprint density at radius 1 is 1.20 bits per heavy atom. The first-order chi connectivity index (χ1) is 12.1. The number of carbonyl (C=O) groups excluding carboxylic acids is 1. The third-order valence-electron chi connectivity index (χ3n) is 5.38. The molecular weight excluding hydrogens is 316 g/mol. The smallest absolute Gasteiger partial charge is 0.233 e. The van der Waals surface area contributed by atoms with Crippen molar-refractivity contribution in [2.45, 2.75) is 96.2 Å². The molecule has 0 aromatic rings. The van der Waals surface area contributed by atoms with E-state index in [2.05, 4.69) is 18.4 Å². The molecule has 25 heavy (non-hydrogen) atoms. The summed E-state index contributed by atoms with van der Waals surface area (Å²) in [6.07, 6.45) is 15.2. The van der Waals surface area contributed by atoms with E-state index in [1.165, 1.54) is 12.8 Å². The second-order valence-electron chi connectivity index (χ2n) is 7.44. The van der Waals surface area contributed by atoms with Crippen LogP contribution in [-0.4, -0.2) is 28.3 Å². The lowest BCUT2D eigenvalue weighted by Crippen LogP contribution is -2.29. The fourth-order valence-electron chi connectivity index (χ4n) is 3.78. The predicted octanol–water partition coefficient (Wildman–Crippen LogP) is 3.20. The molecule has 0 aliphatic heterocycles. The highest BCUT2D eigenvalue weighted by atomic mass is 16.3. The van der Waals surface area contributed by atoms with Gasteiger partial charge < -0.3 is 10.2 Å². The van der Waals surface area contributed by atoms with Crippen LogP contribution in [0.25, 0.3) is 0 Å². The molecule has 0 aromatic carbocycles. The van der Waals surface area contributed by atoms with E-state index in [1.807, 2.05) is 6.08 Å². The molecule has 0 spiro atoms. The lowest BCUT2D eigenvalue weighted by Gasteiger charge is -2.20. The number of hydrogen-bond donors (Lipinski definition) is 4. The fraction of sp³-hybridized carbons (Fsp3) is 0.850. The van der Waals surface area contributed by atoms with Crippen molar-refractivity contribution in [2.75, 3.05) is 0 Å². The minimum Gasteiger partial charge on any atom is -0.393 e. The molecule has 5 N–H and O–H groups in total. The van der Waals surface area contributed by atoms with Crippen molar-refractivity contribution in [3.05, 3.63) is 12.2 Å². The number of hydrazine groups is 1. The zero-order valence-electron chi connectivity index (χ0n) is 15.8. The lowest BCUT2D eigenvalue weighted by molar-refractivity contribution is -0.121. The third-order valence-corrected chi connectivity index (χ3v) is 5.38. The maximum Gasteiger partial charge on any atom is 0.233 e. The topological polar surface area (TPSA) is 95.6 Å². The van der Waals surface area contributed by atoms with E-state index in [-0.39, 0.29) is 18.1 Å². The molecule has 0 radical (unpaired) electrons. The standard InChI is InChI=1S/C20H38N2O3/c1-2-3-6-9-17(23)14-12-16-13-15-19(24)18(16)10-7-4-5-8-11-20(25)22-21/h12,14,16-19,23-24H,2-11,13,15,21H2,1H3,(H,22,25)/b14-12+. The van der Waals surface area contributed by atoms with Crippen molar-refractivity contribution in [2.24, 2.45) is 17.7 Å². The first-order valence-corrected chi connectivity index (χ1v) is 10.1. The van der Waals surface area contributed by atoms with Crippen molar-refractivity contribution >= 4 is 5.91 Å². The Labute approximate surface area is 153 Å². The average molecular weight is 355 g/mol. The van der Waals surface area contributed by atoms with E-state index < -0.39 is 0 Å². The quantitative estimate of drug-likeness (QED) is 0.134. The van der Waals surface area contributed by atoms with Gasteiger partial charge in [-0.15, -0.1) is 0 Å². The van der Waals surface area contributed by atoms with Crippen LogP contribution in [0.3, 0.4) is 0 Å². The van der Waals surface area contributed by atoms with Crippen LogP contribution in [0.2, 0.25) is 0 Å². The molecular formula is C20H38N2O3. The Balaban J connectivity index is 2.25. The number of aliphatic hydroxyl groups excluding tert-OH is 2. The third kappa shape index (κ3) is 9.38. The predicted molar refractivity (Wildman–Crippen MR) is 102 cm³/mol. The van der Waals surface area contributed by atoms with Crippen molar-refractivity contribution < 1.29 is 15.0 Å². The summed E-state index contributed by atoms with van der Waals surface area (Å²) >= 11 is 0. The Bertz CT molecular complexity index is 387. The molecule has 0 bridgehead atoms. The Morgan fingerprint density at radius 3 is 2.68 bits per heavy atom. The van der Waals surface area contributed by atoms with Crippen LogP contribution in [-0.2, 0) is 4.79 Å². The Morgan fingerprint density at radius 2 is 1.96 bits per heavy atom. The average Bonchev–Trinajstić information content (AvgIpc) is 2.96. The molecule has 0 heterocycles. The highest BCUT2D eigenvalue weighted by Crippen LogP contribution is 2.36. The Hall–Kier alpha value is -0.910. The van der Waals surface area contributed by atoms with Crippen LogP contribution in [0.4, 0.5) is 0 Å². The number of hydrogen-bond acceptors (Lipinski definition) is 4. The SMILES string of the molecule is CCCCCC(O)/C=C/C1CCC(O)C1CCCCCCC(=O)NN. The van der Waals surface area contributed by atoms with E-state index >= 15 is 0 Å². The number of carbonyl (C=O) groups is 1. The minimum absolute atomic E-state index is 0.103.